The molecule has 1 heterocycles. The van der Waals surface area contributed by atoms with Crippen molar-refractivity contribution in [3.8, 4) is 11.8 Å². The average Bonchev–Trinajstić information content (AvgIpc) is 3.05. The topological polar surface area (TPSA) is 56.3 Å². The van der Waals surface area contributed by atoms with Gasteiger partial charge in [-0.1, -0.05) is 6.92 Å². The second kappa shape index (κ2) is 5.31. The molecule has 1 aromatic rings. The predicted molar refractivity (Wildman–Crippen MR) is 64.1 cm³/mol. The summed E-state index contributed by atoms with van der Waals surface area (Å²) in [6.07, 6.45) is 2.77. The second-order valence-corrected chi connectivity index (χ2v) is 4.47. The third-order valence-electron chi connectivity index (χ3n) is 3.24. The van der Waals surface area contributed by atoms with E-state index in [4.69, 9.17) is 9.47 Å². The quantitative estimate of drug-likeness (QED) is 0.806. The van der Waals surface area contributed by atoms with Crippen molar-refractivity contribution in [2.24, 2.45) is 11.8 Å². The Morgan fingerprint density at radius 2 is 1.88 bits per heavy atom. The summed E-state index contributed by atoms with van der Waals surface area (Å²) >= 11 is 0. The Morgan fingerprint density at radius 1 is 1.29 bits per heavy atom. The number of nitrogens with one attached hydrogen (secondary N) is 1. The smallest absolute Gasteiger partial charge is 0.224 e. The van der Waals surface area contributed by atoms with Crippen molar-refractivity contribution < 1.29 is 9.47 Å². The van der Waals surface area contributed by atoms with Crippen molar-refractivity contribution in [1.29, 1.82) is 0 Å². The minimum absolute atomic E-state index is 0.577. The molecule has 17 heavy (non-hydrogen) atoms. The van der Waals surface area contributed by atoms with Crippen molar-refractivity contribution in [2.45, 2.75) is 19.9 Å². The molecule has 1 aliphatic carbocycles. The van der Waals surface area contributed by atoms with Crippen LogP contribution in [0, 0.1) is 11.8 Å². The third-order valence-corrected chi connectivity index (χ3v) is 3.24. The fraction of sp³-hybridized carbons (Fsp3) is 0.667. The van der Waals surface area contributed by atoms with Crippen molar-refractivity contribution >= 4 is 0 Å². The Bertz CT molecular complexity index is 362. The highest BCUT2D eigenvalue weighted by molar-refractivity contribution is 5.34. The Hall–Kier alpha value is -1.36. The van der Waals surface area contributed by atoms with Crippen molar-refractivity contribution in [1.82, 2.24) is 15.3 Å². The molecule has 0 saturated heterocycles. The third kappa shape index (κ3) is 2.85. The fourth-order valence-corrected chi connectivity index (χ4v) is 1.95. The van der Waals surface area contributed by atoms with Crippen molar-refractivity contribution in [3.05, 3.63) is 11.9 Å². The van der Waals surface area contributed by atoms with Gasteiger partial charge in [-0.15, -0.1) is 0 Å². The maximum Gasteiger partial charge on any atom is 0.224 e. The van der Waals surface area contributed by atoms with Crippen LogP contribution >= 0.6 is 0 Å². The summed E-state index contributed by atoms with van der Waals surface area (Å²) in [5.74, 6) is 2.83. The number of hydrogen-bond donors (Lipinski definition) is 1. The number of methoxy groups -OCH3 is 2. The molecule has 1 saturated carbocycles. The van der Waals surface area contributed by atoms with E-state index in [2.05, 4.69) is 22.2 Å². The lowest BCUT2D eigenvalue weighted by molar-refractivity contribution is 0.359. The highest BCUT2D eigenvalue weighted by atomic mass is 16.5. The number of nitrogens with zero attached hydrogens (tertiary/aromatic N) is 2. The monoisotopic (exact) mass is 237 g/mol. The molecule has 94 valence electrons. The van der Waals surface area contributed by atoms with Crippen LogP contribution in [0.1, 0.15) is 18.9 Å². The molecule has 1 N–H and O–H groups in total. The van der Waals surface area contributed by atoms with Crippen LogP contribution in [0.5, 0.6) is 11.8 Å². The largest absolute Gasteiger partial charge is 0.481 e. The maximum atomic E-state index is 5.21. The highest BCUT2D eigenvalue weighted by Gasteiger charge is 2.31. The SMILES string of the molecule is COc1ncnc(OC)c1CNCC1CC1C. The van der Waals surface area contributed by atoms with Gasteiger partial charge in [0.1, 0.15) is 6.33 Å². The van der Waals surface area contributed by atoms with Gasteiger partial charge in [0.15, 0.2) is 0 Å². The predicted octanol–water partition coefficient (Wildman–Crippen LogP) is 1.24. The van der Waals surface area contributed by atoms with Gasteiger partial charge in [-0.05, 0) is 24.8 Å². The standard InChI is InChI=1S/C12H19N3O2/c1-8-4-9(8)5-13-6-10-11(16-2)14-7-15-12(10)17-3/h7-9,13H,4-6H2,1-3H3. The molecule has 0 aliphatic heterocycles. The first-order valence-corrected chi connectivity index (χ1v) is 5.88. The van der Waals surface area contributed by atoms with Gasteiger partial charge in [0.05, 0.1) is 19.8 Å². The number of rotatable bonds is 6. The Kier molecular flexibility index (Phi) is 3.78. The summed E-state index contributed by atoms with van der Waals surface area (Å²) in [5, 5.41) is 3.40. The van der Waals surface area contributed by atoms with Gasteiger partial charge in [-0.3, -0.25) is 0 Å². The summed E-state index contributed by atoms with van der Waals surface area (Å²) in [4.78, 5) is 8.16. The van der Waals surface area contributed by atoms with Gasteiger partial charge in [0, 0.05) is 6.54 Å². The van der Waals surface area contributed by atoms with Crippen LogP contribution < -0.4 is 14.8 Å². The van der Waals surface area contributed by atoms with Gasteiger partial charge in [0.2, 0.25) is 11.8 Å². The molecule has 1 aliphatic rings. The Morgan fingerprint density at radius 3 is 2.35 bits per heavy atom. The molecular weight excluding hydrogens is 218 g/mol. The van der Waals surface area contributed by atoms with E-state index in [1.807, 2.05) is 0 Å². The van der Waals surface area contributed by atoms with Gasteiger partial charge in [-0.25, -0.2) is 9.97 Å². The molecule has 0 spiro atoms. The van der Waals surface area contributed by atoms with E-state index in [1.165, 1.54) is 12.7 Å². The molecular formula is C12H19N3O2. The van der Waals surface area contributed by atoms with E-state index >= 15 is 0 Å². The van der Waals surface area contributed by atoms with Crippen LogP contribution in [0.4, 0.5) is 0 Å². The van der Waals surface area contributed by atoms with Gasteiger partial charge >= 0.3 is 0 Å². The zero-order valence-electron chi connectivity index (χ0n) is 10.6. The first-order chi connectivity index (χ1) is 8.26. The summed E-state index contributed by atoms with van der Waals surface area (Å²) in [5.41, 5.74) is 0.880. The lowest BCUT2D eigenvalue weighted by Crippen LogP contribution is -2.18. The van der Waals surface area contributed by atoms with Crippen LogP contribution in [-0.4, -0.2) is 30.7 Å². The maximum absolute atomic E-state index is 5.21. The summed E-state index contributed by atoms with van der Waals surface area (Å²) in [6, 6.07) is 0. The van der Waals surface area contributed by atoms with Gasteiger partial charge in [-0.2, -0.15) is 0 Å². The summed E-state index contributed by atoms with van der Waals surface area (Å²) in [7, 11) is 3.21. The highest BCUT2D eigenvalue weighted by Crippen LogP contribution is 2.36. The number of hydrogen-bond acceptors (Lipinski definition) is 5. The number of ether oxygens (including phenoxy) is 2. The van der Waals surface area contributed by atoms with Crippen LogP contribution in [-0.2, 0) is 6.54 Å². The van der Waals surface area contributed by atoms with E-state index in [9.17, 15) is 0 Å². The first-order valence-electron chi connectivity index (χ1n) is 5.88. The van der Waals surface area contributed by atoms with E-state index in [0.29, 0.717) is 18.3 Å². The van der Waals surface area contributed by atoms with Gasteiger partial charge in [0.25, 0.3) is 0 Å². The molecule has 2 unspecified atom stereocenters. The van der Waals surface area contributed by atoms with Crippen LogP contribution in [0.25, 0.3) is 0 Å². The molecule has 0 radical (unpaired) electrons. The molecule has 2 rings (SSSR count). The van der Waals surface area contributed by atoms with Crippen molar-refractivity contribution in [2.75, 3.05) is 20.8 Å². The van der Waals surface area contributed by atoms with Crippen molar-refractivity contribution in [3.63, 3.8) is 0 Å². The zero-order chi connectivity index (χ0) is 12.3. The summed E-state index contributed by atoms with van der Waals surface area (Å²) in [6.45, 7) is 3.98. The van der Waals surface area contributed by atoms with E-state index in [0.717, 1.165) is 23.9 Å². The molecule has 2 atom stereocenters. The Labute approximate surface area is 102 Å². The molecule has 5 nitrogen and oxygen atoms in total. The van der Waals surface area contributed by atoms with E-state index < -0.39 is 0 Å². The lowest BCUT2D eigenvalue weighted by atomic mass is 10.3. The average molecular weight is 237 g/mol. The molecule has 5 heteroatoms. The molecule has 0 bridgehead atoms. The van der Waals surface area contributed by atoms with Crippen LogP contribution in [0.15, 0.2) is 6.33 Å². The fourth-order valence-electron chi connectivity index (χ4n) is 1.95. The molecule has 1 aromatic heterocycles. The number of aromatic nitrogens is 2. The summed E-state index contributed by atoms with van der Waals surface area (Å²) < 4.78 is 10.4. The zero-order valence-corrected chi connectivity index (χ0v) is 10.6. The molecule has 0 amide bonds. The van der Waals surface area contributed by atoms with Gasteiger partial charge < -0.3 is 14.8 Å². The lowest BCUT2D eigenvalue weighted by Gasteiger charge is -2.11. The first kappa shape index (κ1) is 12.1. The van der Waals surface area contributed by atoms with E-state index in [-0.39, 0.29) is 0 Å². The Balaban J connectivity index is 1.97. The normalized spacial score (nSPS) is 22.3. The minimum atomic E-state index is 0.577. The molecule has 1 fully saturated rings. The molecule has 0 aromatic carbocycles. The minimum Gasteiger partial charge on any atom is -0.481 e. The van der Waals surface area contributed by atoms with Crippen LogP contribution in [0.3, 0.4) is 0 Å². The van der Waals surface area contributed by atoms with Crippen LogP contribution in [0.2, 0.25) is 0 Å². The van der Waals surface area contributed by atoms with E-state index in [1.54, 1.807) is 14.2 Å². The second-order valence-electron chi connectivity index (χ2n) is 4.47.